The molecule has 1 heterocycles. The van der Waals surface area contributed by atoms with Crippen LogP contribution in [-0.4, -0.2) is 35.1 Å². The van der Waals surface area contributed by atoms with E-state index in [0.717, 1.165) is 5.69 Å². The fourth-order valence-corrected chi connectivity index (χ4v) is 2.24. The largest absolute Gasteiger partial charge is 0.274 e. The molecule has 0 fully saturated rings. The van der Waals surface area contributed by atoms with Gasteiger partial charge in [-0.1, -0.05) is 5.21 Å². The molecule has 7 nitrogen and oxygen atoms in total. The summed E-state index contributed by atoms with van der Waals surface area (Å²) in [6.45, 7) is 3.43. The van der Waals surface area contributed by atoms with Gasteiger partial charge in [-0.2, -0.15) is 0 Å². The van der Waals surface area contributed by atoms with E-state index in [1.165, 1.54) is 6.92 Å². The number of amides is 1. The molecule has 1 N–H and O–H groups in total. The summed E-state index contributed by atoms with van der Waals surface area (Å²) in [6.07, 6.45) is 2.11. The maximum atomic E-state index is 11.3. The van der Waals surface area contributed by atoms with E-state index < -0.39 is 15.9 Å². The van der Waals surface area contributed by atoms with Crippen molar-refractivity contribution in [1.29, 1.82) is 0 Å². The minimum Gasteiger partial charge on any atom is -0.274 e. The van der Waals surface area contributed by atoms with E-state index in [4.69, 9.17) is 0 Å². The van der Waals surface area contributed by atoms with Gasteiger partial charge in [0.2, 0.25) is 15.9 Å². The summed E-state index contributed by atoms with van der Waals surface area (Å²) in [5.74, 6) is -0.678. The standard InChI is InChI=1S/C8H14N4O3S/c1-7-6-12(11-9-7)4-3-5-16(14,15)10-8(2)13/h6H,3-5H2,1-2H3,(H,10,13). The smallest absolute Gasteiger partial charge is 0.234 e. The molecule has 0 aliphatic rings. The van der Waals surface area contributed by atoms with E-state index >= 15 is 0 Å². The predicted octanol–water partition coefficient (Wildman–Crippen LogP) is -0.557. The molecule has 8 heteroatoms. The number of carbonyl (C=O) groups excluding carboxylic acids is 1. The van der Waals surface area contributed by atoms with Crippen LogP contribution in [0, 0.1) is 6.92 Å². The first-order chi connectivity index (χ1) is 7.39. The predicted molar refractivity (Wildman–Crippen MR) is 57.0 cm³/mol. The second kappa shape index (κ2) is 5.06. The molecule has 16 heavy (non-hydrogen) atoms. The number of sulfonamides is 1. The van der Waals surface area contributed by atoms with Crippen LogP contribution in [0.15, 0.2) is 6.20 Å². The van der Waals surface area contributed by atoms with Crippen LogP contribution in [0.3, 0.4) is 0 Å². The summed E-state index contributed by atoms with van der Waals surface area (Å²) >= 11 is 0. The molecule has 0 bridgehead atoms. The molecule has 0 aliphatic carbocycles. The van der Waals surface area contributed by atoms with Crippen molar-refractivity contribution in [2.75, 3.05) is 5.75 Å². The average Bonchev–Trinajstić information content (AvgIpc) is 2.48. The third-order valence-corrected chi connectivity index (χ3v) is 3.18. The van der Waals surface area contributed by atoms with Crippen molar-refractivity contribution in [3.8, 4) is 0 Å². The van der Waals surface area contributed by atoms with E-state index in [9.17, 15) is 13.2 Å². The summed E-state index contributed by atoms with van der Waals surface area (Å²) < 4.78 is 26.0. The van der Waals surface area contributed by atoms with Gasteiger partial charge >= 0.3 is 0 Å². The minimum absolute atomic E-state index is 0.106. The quantitative estimate of drug-likeness (QED) is 0.751. The van der Waals surface area contributed by atoms with Gasteiger partial charge in [0.25, 0.3) is 0 Å². The fourth-order valence-electron chi connectivity index (χ4n) is 1.19. The first-order valence-corrected chi connectivity index (χ1v) is 6.42. The third-order valence-electron chi connectivity index (χ3n) is 1.75. The van der Waals surface area contributed by atoms with Gasteiger partial charge in [-0.15, -0.1) is 5.10 Å². The summed E-state index contributed by atoms with van der Waals surface area (Å²) in [5, 5.41) is 7.55. The molecular formula is C8H14N4O3S. The Balaban J connectivity index is 2.38. The van der Waals surface area contributed by atoms with Gasteiger partial charge in [-0.05, 0) is 13.3 Å². The normalized spacial score (nSPS) is 11.4. The Labute approximate surface area is 93.9 Å². The maximum absolute atomic E-state index is 11.3. The van der Waals surface area contributed by atoms with Crippen molar-refractivity contribution in [2.24, 2.45) is 0 Å². The lowest BCUT2D eigenvalue weighted by atomic mass is 10.5. The lowest BCUT2D eigenvalue weighted by Crippen LogP contribution is -2.30. The highest BCUT2D eigenvalue weighted by Crippen LogP contribution is 1.95. The van der Waals surface area contributed by atoms with E-state index in [0.29, 0.717) is 13.0 Å². The Morgan fingerprint density at radius 2 is 2.25 bits per heavy atom. The highest BCUT2D eigenvalue weighted by Gasteiger charge is 2.11. The Kier molecular flexibility index (Phi) is 3.99. The Hall–Kier alpha value is -1.44. The summed E-state index contributed by atoms with van der Waals surface area (Å²) in [4.78, 5) is 10.6. The monoisotopic (exact) mass is 246 g/mol. The number of nitrogens with zero attached hydrogens (tertiary/aromatic N) is 3. The lowest BCUT2D eigenvalue weighted by molar-refractivity contribution is -0.117. The van der Waals surface area contributed by atoms with E-state index in [1.807, 2.05) is 4.72 Å². The number of aromatic nitrogens is 3. The van der Waals surface area contributed by atoms with Crippen molar-refractivity contribution in [3.63, 3.8) is 0 Å². The molecule has 0 saturated heterocycles. The number of nitrogens with one attached hydrogen (secondary N) is 1. The van der Waals surface area contributed by atoms with Crippen LogP contribution in [-0.2, 0) is 21.4 Å². The van der Waals surface area contributed by atoms with E-state index in [2.05, 4.69) is 10.3 Å². The van der Waals surface area contributed by atoms with Gasteiger partial charge in [0.1, 0.15) is 0 Å². The molecule has 0 saturated carbocycles. The van der Waals surface area contributed by atoms with Crippen molar-refractivity contribution in [2.45, 2.75) is 26.8 Å². The van der Waals surface area contributed by atoms with Crippen LogP contribution in [0.5, 0.6) is 0 Å². The molecule has 1 aromatic heterocycles. The zero-order chi connectivity index (χ0) is 12.2. The van der Waals surface area contributed by atoms with Gasteiger partial charge in [0.05, 0.1) is 11.4 Å². The number of carbonyl (C=O) groups is 1. The molecule has 0 atom stereocenters. The third kappa shape index (κ3) is 4.39. The number of rotatable bonds is 5. The summed E-state index contributed by atoms with van der Waals surface area (Å²) in [6, 6.07) is 0. The zero-order valence-electron chi connectivity index (χ0n) is 9.17. The summed E-state index contributed by atoms with van der Waals surface area (Å²) in [7, 11) is -3.51. The van der Waals surface area contributed by atoms with Crippen molar-refractivity contribution in [3.05, 3.63) is 11.9 Å². The fraction of sp³-hybridized carbons (Fsp3) is 0.625. The van der Waals surface area contributed by atoms with Crippen LogP contribution in [0.4, 0.5) is 0 Å². The first kappa shape index (κ1) is 12.6. The lowest BCUT2D eigenvalue weighted by Gasteiger charge is -2.03. The van der Waals surface area contributed by atoms with E-state index in [1.54, 1.807) is 17.8 Å². The molecule has 1 amide bonds. The van der Waals surface area contributed by atoms with Crippen LogP contribution < -0.4 is 4.72 Å². The van der Waals surface area contributed by atoms with Gasteiger partial charge in [0, 0.05) is 19.7 Å². The molecule has 1 aromatic rings. The first-order valence-electron chi connectivity index (χ1n) is 4.77. The molecule has 1 rings (SSSR count). The van der Waals surface area contributed by atoms with Crippen LogP contribution in [0.25, 0.3) is 0 Å². The van der Waals surface area contributed by atoms with Crippen LogP contribution >= 0.6 is 0 Å². The van der Waals surface area contributed by atoms with Crippen molar-refractivity contribution < 1.29 is 13.2 Å². The van der Waals surface area contributed by atoms with Crippen molar-refractivity contribution in [1.82, 2.24) is 19.7 Å². The molecule has 0 spiro atoms. The number of hydrogen-bond acceptors (Lipinski definition) is 5. The highest BCUT2D eigenvalue weighted by atomic mass is 32.2. The van der Waals surface area contributed by atoms with Gasteiger partial charge in [-0.25, -0.2) is 8.42 Å². The molecule has 0 unspecified atom stereocenters. The second-order valence-corrected chi connectivity index (χ2v) is 5.30. The van der Waals surface area contributed by atoms with Gasteiger partial charge in [0.15, 0.2) is 0 Å². The Morgan fingerprint density at radius 1 is 1.56 bits per heavy atom. The minimum atomic E-state index is -3.51. The van der Waals surface area contributed by atoms with Gasteiger partial charge in [-0.3, -0.25) is 14.2 Å². The molecule has 0 aromatic carbocycles. The topological polar surface area (TPSA) is 94.0 Å². The molecular weight excluding hydrogens is 232 g/mol. The SMILES string of the molecule is CC(=O)NS(=O)(=O)CCCn1cc(C)nn1. The maximum Gasteiger partial charge on any atom is 0.234 e. The molecule has 0 radical (unpaired) electrons. The van der Waals surface area contributed by atoms with Crippen LogP contribution in [0.2, 0.25) is 0 Å². The number of aryl methyl sites for hydroxylation is 2. The van der Waals surface area contributed by atoms with E-state index in [-0.39, 0.29) is 5.75 Å². The number of hydrogen-bond donors (Lipinski definition) is 1. The second-order valence-electron chi connectivity index (χ2n) is 3.45. The Bertz CT molecular complexity index is 465. The van der Waals surface area contributed by atoms with Gasteiger partial charge < -0.3 is 0 Å². The van der Waals surface area contributed by atoms with Crippen LogP contribution in [0.1, 0.15) is 19.0 Å². The zero-order valence-corrected chi connectivity index (χ0v) is 9.99. The molecule has 0 aliphatic heterocycles. The molecule has 90 valence electrons. The average molecular weight is 246 g/mol. The van der Waals surface area contributed by atoms with Crippen molar-refractivity contribution >= 4 is 15.9 Å². The highest BCUT2D eigenvalue weighted by molar-refractivity contribution is 7.90. The Morgan fingerprint density at radius 3 is 2.75 bits per heavy atom. The summed E-state index contributed by atoms with van der Waals surface area (Å²) in [5.41, 5.74) is 0.782.